The molecular formula is C12H15BrF2N2. The van der Waals surface area contributed by atoms with E-state index in [2.05, 4.69) is 26.1 Å². The molecule has 0 unspecified atom stereocenters. The Morgan fingerprint density at radius 3 is 2.65 bits per heavy atom. The average molecular weight is 305 g/mol. The summed E-state index contributed by atoms with van der Waals surface area (Å²) in [4.78, 5) is 2.09. The second-order valence-electron chi connectivity index (χ2n) is 4.13. The van der Waals surface area contributed by atoms with Crippen molar-refractivity contribution in [2.24, 2.45) is 0 Å². The van der Waals surface area contributed by atoms with Crippen molar-refractivity contribution in [2.45, 2.75) is 6.04 Å². The maximum atomic E-state index is 13.2. The number of nitrogens with zero attached hydrogens (tertiary/aromatic N) is 1. The van der Waals surface area contributed by atoms with Crippen LogP contribution in [-0.4, -0.2) is 37.8 Å². The number of nitrogens with one attached hydrogen (secondary N) is 1. The van der Waals surface area contributed by atoms with Crippen LogP contribution in [0, 0.1) is 5.82 Å². The number of hydrogen-bond donors (Lipinski definition) is 1. The van der Waals surface area contributed by atoms with Crippen molar-refractivity contribution in [1.82, 2.24) is 10.2 Å². The highest BCUT2D eigenvalue weighted by Crippen LogP contribution is 2.26. The Labute approximate surface area is 108 Å². The lowest BCUT2D eigenvalue weighted by atomic mass is 10.1. The molecule has 1 atom stereocenters. The molecule has 1 N–H and O–H groups in total. The van der Waals surface area contributed by atoms with Gasteiger partial charge in [-0.25, -0.2) is 8.78 Å². The van der Waals surface area contributed by atoms with E-state index >= 15 is 0 Å². The van der Waals surface area contributed by atoms with E-state index in [1.165, 1.54) is 6.07 Å². The summed E-state index contributed by atoms with van der Waals surface area (Å²) < 4.78 is 26.7. The van der Waals surface area contributed by atoms with E-state index in [0.29, 0.717) is 4.47 Å². The zero-order valence-electron chi connectivity index (χ0n) is 9.43. The number of alkyl halides is 1. The normalized spacial score (nSPS) is 19.2. The van der Waals surface area contributed by atoms with Crippen LogP contribution in [0.1, 0.15) is 11.6 Å². The predicted octanol–water partition coefficient (Wildman–Crippen LogP) is 2.50. The van der Waals surface area contributed by atoms with Gasteiger partial charge in [0, 0.05) is 26.2 Å². The smallest absolute Gasteiger partial charge is 0.137 e. The van der Waals surface area contributed by atoms with Crippen LogP contribution in [0.3, 0.4) is 0 Å². The molecule has 0 amide bonds. The first kappa shape index (κ1) is 12.9. The van der Waals surface area contributed by atoms with Crippen molar-refractivity contribution in [2.75, 3.05) is 32.9 Å². The SMILES string of the molecule is FC[C@H](c1ccc(F)c(Br)c1)N1CCNCC1. The minimum atomic E-state index is -0.446. The van der Waals surface area contributed by atoms with Gasteiger partial charge < -0.3 is 5.32 Å². The minimum Gasteiger partial charge on any atom is -0.314 e. The summed E-state index contributed by atoms with van der Waals surface area (Å²) in [5, 5.41) is 3.23. The van der Waals surface area contributed by atoms with E-state index in [-0.39, 0.29) is 11.9 Å². The summed E-state index contributed by atoms with van der Waals surface area (Å²) in [6.45, 7) is 2.95. The van der Waals surface area contributed by atoms with Crippen LogP contribution in [0.2, 0.25) is 0 Å². The molecule has 94 valence electrons. The molecule has 1 saturated heterocycles. The maximum Gasteiger partial charge on any atom is 0.137 e. The van der Waals surface area contributed by atoms with Crippen molar-refractivity contribution < 1.29 is 8.78 Å². The maximum absolute atomic E-state index is 13.2. The molecule has 5 heteroatoms. The third-order valence-electron chi connectivity index (χ3n) is 3.07. The summed E-state index contributed by atoms with van der Waals surface area (Å²) in [5.74, 6) is -0.313. The molecule has 0 radical (unpaired) electrons. The zero-order valence-corrected chi connectivity index (χ0v) is 11.0. The van der Waals surface area contributed by atoms with E-state index < -0.39 is 6.67 Å². The molecule has 0 bridgehead atoms. The van der Waals surface area contributed by atoms with Crippen molar-refractivity contribution in [3.8, 4) is 0 Å². The third-order valence-corrected chi connectivity index (χ3v) is 3.67. The predicted molar refractivity (Wildman–Crippen MR) is 67.3 cm³/mol. The molecule has 2 nitrogen and oxygen atoms in total. The topological polar surface area (TPSA) is 15.3 Å². The molecule has 1 aliphatic heterocycles. The van der Waals surface area contributed by atoms with Crippen LogP contribution in [0.4, 0.5) is 8.78 Å². The number of hydrogen-bond acceptors (Lipinski definition) is 2. The van der Waals surface area contributed by atoms with Gasteiger partial charge in [0.05, 0.1) is 10.5 Å². The van der Waals surface area contributed by atoms with Crippen LogP contribution >= 0.6 is 15.9 Å². The van der Waals surface area contributed by atoms with Gasteiger partial charge in [0.15, 0.2) is 0 Å². The molecule has 1 aromatic rings. The summed E-state index contributed by atoms with van der Waals surface area (Å²) in [6, 6.07) is 4.44. The lowest BCUT2D eigenvalue weighted by Crippen LogP contribution is -2.45. The van der Waals surface area contributed by atoms with Gasteiger partial charge in [-0.05, 0) is 33.6 Å². The Balaban J connectivity index is 2.18. The van der Waals surface area contributed by atoms with E-state index in [1.807, 2.05) is 0 Å². The van der Waals surface area contributed by atoms with Crippen LogP contribution in [0.25, 0.3) is 0 Å². The Bertz CT molecular complexity index is 381. The second-order valence-corrected chi connectivity index (χ2v) is 4.98. The highest BCUT2D eigenvalue weighted by Gasteiger charge is 2.22. The summed E-state index contributed by atoms with van der Waals surface area (Å²) >= 11 is 3.14. The Morgan fingerprint density at radius 1 is 1.35 bits per heavy atom. The first-order valence-corrected chi connectivity index (χ1v) is 6.47. The average Bonchev–Trinajstić information content (AvgIpc) is 2.36. The summed E-state index contributed by atoms with van der Waals surface area (Å²) in [5.41, 5.74) is 0.822. The van der Waals surface area contributed by atoms with Crippen molar-refractivity contribution in [3.05, 3.63) is 34.1 Å². The molecule has 0 aromatic heterocycles. The Hall–Kier alpha value is -0.520. The lowest BCUT2D eigenvalue weighted by Gasteiger charge is -2.33. The van der Waals surface area contributed by atoms with Gasteiger partial charge in [-0.15, -0.1) is 0 Å². The number of benzene rings is 1. The van der Waals surface area contributed by atoms with Crippen molar-refractivity contribution in [1.29, 1.82) is 0 Å². The van der Waals surface area contributed by atoms with Gasteiger partial charge in [0.1, 0.15) is 12.5 Å². The molecule has 1 aromatic carbocycles. The molecule has 0 spiro atoms. The first-order valence-electron chi connectivity index (χ1n) is 5.68. The molecule has 0 saturated carbocycles. The second kappa shape index (κ2) is 5.89. The molecule has 2 rings (SSSR count). The van der Waals surface area contributed by atoms with E-state index in [1.54, 1.807) is 12.1 Å². The fraction of sp³-hybridized carbons (Fsp3) is 0.500. The van der Waals surface area contributed by atoms with Gasteiger partial charge in [-0.1, -0.05) is 6.07 Å². The minimum absolute atomic E-state index is 0.269. The largest absolute Gasteiger partial charge is 0.314 e. The molecule has 1 fully saturated rings. The number of rotatable bonds is 3. The van der Waals surface area contributed by atoms with E-state index in [9.17, 15) is 8.78 Å². The van der Waals surface area contributed by atoms with Crippen LogP contribution in [-0.2, 0) is 0 Å². The Morgan fingerprint density at radius 2 is 2.06 bits per heavy atom. The summed E-state index contributed by atoms with van der Waals surface area (Å²) in [6.07, 6.45) is 0. The van der Waals surface area contributed by atoms with Gasteiger partial charge in [0.2, 0.25) is 0 Å². The monoisotopic (exact) mass is 304 g/mol. The highest BCUT2D eigenvalue weighted by atomic mass is 79.9. The molecular weight excluding hydrogens is 290 g/mol. The van der Waals surface area contributed by atoms with Gasteiger partial charge >= 0.3 is 0 Å². The third kappa shape index (κ3) is 3.03. The quantitative estimate of drug-likeness (QED) is 0.923. The van der Waals surface area contributed by atoms with Gasteiger partial charge in [-0.3, -0.25) is 4.90 Å². The van der Waals surface area contributed by atoms with E-state index in [0.717, 1.165) is 31.7 Å². The van der Waals surface area contributed by atoms with E-state index in [4.69, 9.17) is 0 Å². The molecule has 0 aliphatic carbocycles. The first-order chi connectivity index (χ1) is 8.22. The highest BCUT2D eigenvalue weighted by molar-refractivity contribution is 9.10. The number of piperazine rings is 1. The van der Waals surface area contributed by atoms with Crippen LogP contribution in [0.5, 0.6) is 0 Å². The van der Waals surface area contributed by atoms with Gasteiger partial charge in [-0.2, -0.15) is 0 Å². The fourth-order valence-electron chi connectivity index (χ4n) is 2.11. The standard InChI is InChI=1S/C12H15BrF2N2/c13-10-7-9(1-2-11(10)15)12(8-14)17-5-3-16-4-6-17/h1-2,7,12,16H,3-6,8H2/t12-/m1/s1. The van der Waals surface area contributed by atoms with Crippen LogP contribution < -0.4 is 5.32 Å². The lowest BCUT2D eigenvalue weighted by molar-refractivity contribution is 0.147. The molecule has 1 aliphatic rings. The van der Waals surface area contributed by atoms with Crippen LogP contribution in [0.15, 0.2) is 22.7 Å². The Kier molecular flexibility index (Phi) is 4.48. The fourth-order valence-corrected chi connectivity index (χ4v) is 2.51. The molecule has 1 heterocycles. The zero-order chi connectivity index (χ0) is 12.3. The van der Waals surface area contributed by atoms with Crippen molar-refractivity contribution in [3.63, 3.8) is 0 Å². The van der Waals surface area contributed by atoms with Crippen molar-refractivity contribution >= 4 is 15.9 Å². The summed E-state index contributed by atoms with van der Waals surface area (Å²) in [7, 11) is 0. The number of halogens is 3. The molecule has 17 heavy (non-hydrogen) atoms. The van der Waals surface area contributed by atoms with Gasteiger partial charge in [0.25, 0.3) is 0 Å².